The van der Waals surface area contributed by atoms with Crippen molar-refractivity contribution in [3.63, 3.8) is 0 Å². The van der Waals surface area contributed by atoms with Crippen LogP contribution < -0.4 is 49.5 Å². The van der Waals surface area contributed by atoms with E-state index >= 15 is 0 Å². The normalized spacial score (nSPS) is 14.4. The molecule has 1 aromatic carbocycles. The van der Waals surface area contributed by atoms with Crippen molar-refractivity contribution < 1.29 is 43.5 Å². The van der Waals surface area contributed by atoms with Crippen molar-refractivity contribution in [2.75, 3.05) is 12.3 Å². The van der Waals surface area contributed by atoms with Gasteiger partial charge < -0.3 is 54.6 Å². The average Bonchev–Trinajstić information content (AvgIpc) is 3.04. The van der Waals surface area contributed by atoms with E-state index < -0.39 is 90.0 Å². The number of nitrogens with two attached hydrogens (primary N) is 4. The van der Waals surface area contributed by atoms with Crippen LogP contribution >= 0.6 is 12.6 Å². The van der Waals surface area contributed by atoms with E-state index in [1.54, 1.807) is 30.3 Å². The summed E-state index contributed by atoms with van der Waals surface area (Å²) in [5.74, 6) is -7.56. The molecule has 19 heteroatoms. The third-order valence-electron chi connectivity index (χ3n) is 7.06. The van der Waals surface area contributed by atoms with Crippen LogP contribution in [-0.4, -0.2) is 101 Å². The summed E-state index contributed by atoms with van der Waals surface area (Å²) in [5, 5.41) is 21.6. The highest BCUT2D eigenvalue weighted by atomic mass is 32.1. The lowest BCUT2D eigenvalue weighted by Crippen LogP contribution is -2.59. The van der Waals surface area contributed by atoms with Gasteiger partial charge in [-0.05, 0) is 44.7 Å². The molecule has 0 aromatic heterocycles. The van der Waals surface area contributed by atoms with Gasteiger partial charge in [-0.25, -0.2) is 4.79 Å². The van der Waals surface area contributed by atoms with Gasteiger partial charge in [0.25, 0.3) is 0 Å². The van der Waals surface area contributed by atoms with Gasteiger partial charge in [0, 0.05) is 18.6 Å². The third-order valence-corrected chi connectivity index (χ3v) is 7.42. The molecule has 1 aromatic rings. The van der Waals surface area contributed by atoms with Gasteiger partial charge in [0.2, 0.25) is 41.4 Å². The van der Waals surface area contributed by atoms with Gasteiger partial charge in [-0.2, -0.15) is 12.6 Å². The molecule has 0 spiro atoms. The molecule has 18 nitrogen and oxygen atoms in total. The highest BCUT2D eigenvalue weighted by Gasteiger charge is 2.33. The van der Waals surface area contributed by atoms with Crippen LogP contribution in [0.2, 0.25) is 0 Å². The zero-order valence-corrected chi connectivity index (χ0v) is 28.1. The van der Waals surface area contributed by atoms with Gasteiger partial charge in [0.15, 0.2) is 0 Å². The number of hydrogen-bond acceptors (Lipinski definition) is 11. The van der Waals surface area contributed by atoms with Crippen molar-refractivity contribution in [3.8, 4) is 0 Å². The number of carbonyl (C=O) groups excluding carboxylic acids is 7. The molecule has 0 heterocycles. The first-order valence-corrected chi connectivity index (χ1v) is 16.1. The number of benzene rings is 1. The van der Waals surface area contributed by atoms with E-state index in [0.717, 1.165) is 0 Å². The Balaban J connectivity index is 3.32. The second kappa shape index (κ2) is 22.0. The van der Waals surface area contributed by atoms with E-state index in [1.807, 2.05) is 0 Å². The summed E-state index contributed by atoms with van der Waals surface area (Å²) >= 11 is 4.10. The van der Waals surface area contributed by atoms with E-state index in [4.69, 9.17) is 22.9 Å². The van der Waals surface area contributed by atoms with Crippen molar-refractivity contribution in [1.82, 2.24) is 26.6 Å². The summed E-state index contributed by atoms with van der Waals surface area (Å²) in [6, 6.07) is 0.503. The summed E-state index contributed by atoms with van der Waals surface area (Å²) in [6.45, 7) is 1.71. The number of carboxylic acids is 1. The second-order valence-electron chi connectivity index (χ2n) is 11.3. The van der Waals surface area contributed by atoms with Crippen LogP contribution in [0.15, 0.2) is 30.3 Å². The lowest BCUT2D eigenvalue weighted by molar-refractivity contribution is -0.143. The number of hydrogen-bond donors (Lipinski definition) is 11. The molecule has 0 saturated carbocycles. The van der Waals surface area contributed by atoms with Gasteiger partial charge >= 0.3 is 5.97 Å². The Bertz CT molecular complexity index is 1320. The second-order valence-corrected chi connectivity index (χ2v) is 11.6. The van der Waals surface area contributed by atoms with Crippen LogP contribution in [0.3, 0.4) is 0 Å². The van der Waals surface area contributed by atoms with E-state index in [2.05, 4.69) is 39.2 Å². The van der Waals surface area contributed by atoms with Crippen molar-refractivity contribution in [2.24, 2.45) is 22.9 Å². The number of rotatable bonds is 23. The van der Waals surface area contributed by atoms with Crippen molar-refractivity contribution >= 4 is 59.9 Å². The summed E-state index contributed by atoms with van der Waals surface area (Å²) in [6.07, 6.45) is -0.554. The molecule has 7 amide bonds. The third kappa shape index (κ3) is 16.3. The lowest BCUT2D eigenvalue weighted by Gasteiger charge is -2.27. The number of primary amides is 2. The Morgan fingerprint density at radius 2 is 1.18 bits per heavy atom. The molecule has 1 rings (SSSR count). The van der Waals surface area contributed by atoms with Crippen LogP contribution in [0.5, 0.6) is 0 Å². The molecule has 0 aliphatic rings. The fourth-order valence-corrected chi connectivity index (χ4v) is 4.62. The standard InChI is InChI=1S/C30H47N9O9S/c1-16(32)25(42)39-22(15-49)29(46)35-18(9-5-6-12-31)26(43)36-19(10-11-23(33)40)27(44)37-20(13-17-7-3-2-4-8-17)28(45)38-21(30(47)48)14-24(34)41/h2-4,7-8,16,18-22,49H,5-6,9-15,31-32H2,1H3,(H2,33,40)(H2,34,41)(H,35,46)(H,36,43)(H,37,44)(H,38,45)(H,39,42)(H,47,48)/t16-,18-,19-,20-,21-,22-/m0/s1. The quantitative estimate of drug-likeness (QED) is 0.0388. The monoisotopic (exact) mass is 709 g/mol. The minimum atomic E-state index is -1.69. The van der Waals surface area contributed by atoms with Gasteiger partial charge in [-0.1, -0.05) is 30.3 Å². The Morgan fingerprint density at radius 3 is 1.67 bits per heavy atom. The molecular formula is C30H47N9O9S. The molecular weight excluding hydrogens is 662 g/mol. The lowest BCUT2D eigenvalue weighted by atomic mass is 10.0. The largest absolute Gasteiger partial charge is 0.480 e. The molecule has 0 bridgehead atoms. The average molecular weight is 710 g/mol. The SMILES string of the molecule is C[C@H](N)C(=O)N[C@@H](CS)C(=O)N[C@@H](CCCCN)C(=O)N[C@@H](CCC(N)=O)C(=O)N[C@@H](Cc1ccccc1)C(=O)N[C@@H](CC(N)=O)C(=O)O. The van der Waals surface area contributed by atoms with Gasteiger partial charge in [-0.15, -0.1) is 0 Å². The van der Waals surface area contributed by atoms with Crippen LogP contribution in [0.25, 0.3) is 0 Å². The maximum Gasteiger partial charge on any atom is 0.326 e. The summed E-state index contributed by atoms with van der Waals surface area (Å²) in [4.78, 5) is 100. The van der Waals surface area contributed by atoms with Gasteiger partial charge in [0.1, 0.15) is 30.2 Å². The van der Waals surface area contributed by atoms with E-state index in [9.17, 15) is 43.5 Å². The summed E-state index contributed by atoms with van der Waals surface area (Å²) in [7, 11) is 0. The summed E-state index contributed by atoms with van der Waals surface area (Å²) in [5.41, 5.74) is 22.1. The van der Waals surface area contributed by atoms with Crippen LogP contribution in [0.4, 0.5) is 0 Å². The first kappa shape index (κ1) is 42.3. The number of unbranched alkanes of at least 4 members (excludes halogenated alkanes) is 1. The molecule has 0 radical (unpaired) electrons. The molecule has 6 atom stereocenters. The first-order valence-electron chi connectivity index (χ1n) is 15.5. The topological polar surface area (TPSA) is 321 Å². The maximum absolute atomic E-state index is 13.6. The Kier molecular flexibility index (Phi) is 19.0. The number of carboxylic acid groups (broad SMARTS) is 1. The van der Waals surface area contributed by atoms with E-state index in [0.29, 0.717) is 24.9 Å². The predicted octanol–water partition coefficient (Wildman–Crippen LogP) is -3.72. The van der Waals surface area contributed by atoms with Crippen molar-refractivity contribution in [2.45, 2.75) is 88.1 Å². The molecule has 0 unspecified atom stereocenters. The fourth-order valence-electron chi connectivity index (χ4n) is 4.36. The smallest absolute Gasteiger partial charge is 0.326 e. The fraction of sp³-hybridized carbons (Fsp3) is 0.533. The molecule has 49 heavy (non-hydrogen) atoms. The number of nitrogens with one attached hydrogen (secondary N) is 5. The zero-order chi connectivity index (χ0) is 37.1. The number of thiol groups is 1. The molecule has 0 aliphatic carbocycles. The highest BCUT2D eigenvalue weighted by Crippen LogP contribution is 2.09. The number of amides is 7. The Labute approximate surface area is 289 Å². The minimum absolute atomic E-state index is 0.0783. The van der Waals surface area contributed by atoms with Crippen LogP contribution in [0, 0.1) is 0 Å². The van der Waals surface area contributed by atoms with Crippen molar-refractivity contribution in [1.29, 1.82) is 0 Å². The van der Waals surface area contributed by atoms with Gasteiger partial charge in [0.05, 0.1) is 12.5 Å². The van der Waals surface area contributed by atoms with Crippen LogP contribution in [-0.2, 0) is 44.8 Å². The molecule has 0 fully saturated rings. The zero-order valence-electron chi connectivity index (χ0n) is 27.2. The first-order chi connectivity index (χ1) is 23.1. The molecule has 0 aliphatic heterocycles. The highest BCUT2D eigenvalue weighted by molar-refractivity contribution is 7.80. The van der Waals surface area contributed by atoms with E-state index in [-0.39, 0.29) is 31.4 Å². The number of aliphatic carboxylic acids is 1. The Hall–Kier alpha value is -4.75. The maximum atomic E-state index is 13.6. The molecule has 272 valence electrons. The predicted molar refractivity (Wildman–Crippen MR) is 180 cm³/mol. The van der Waals surface area contributed by atoms with Crippen LogP contribution in [0.1, 0.15) is 51.0 Å². The molecule has 14 N–H and O–H groups in total. The number of carbonyl (C=O) groups is 8. The Morgan fingerprint density at radius 1 is 0.694 bits per heavy atom. The van der Waals surface area contributed by atoms with Crippen molar-refractivity contribution in [3.05, 3.63) is 35.9 Å². The van der Waals surface area contributed by atoms with Gasteiger partial charge in [-0.3, -0.25) is 33.6 Å². The minimum Gasteiger partial charge on any atom is -0.480 e. The molecule has 0 saturated heterocycles. The van der Waals surface area contributed by atoms with E-state index in [1.165, 1.54) is 6.92 Å². The summed E-state index contributed by atoms with van der Waals surface area (Å²) < 4.78 is 0.